The molecular formula is C10H19N6O4S+. The monoisotopic (exact) mass is 319 g/mol. The summed E-state index contributed by atoms with van der Waals surface area (Å²) in [5.74, 6) is 0.241. The third-order valence-corrected chi connectivity index (χ3v) is 3.30. The van der Waals surface area contributed by atoms with Crippen LogP contribution in [0.15, 0.2) is 0 Å². The van der Waals surface area contributed by atoms with Crippen molar-refractivity contribution in [1.29, 1.82) is 0 Å². The Hall–Kier alpha value is -1.88. The topological polar surface area (TPSA) is 134 Å². The van der Waals surface area contributed by atoms with Crippen molar-refractivity contribution >= 4 is 28.2 Å². The fourth-order valence-electron chi connectivity index (χ4n) is 1.84. The van der Waals surface area contributed by atoms with Crippen LogP contribution in [0.2, 0.25) is 0 Å². The van der Waals surface area contributed by atoms with E-state index < -0.39 is 10.4 Å². The standard InChI is InChI=1S/C10H18N6O4S/c1-3-5-12-9-14-10(15-6-7(15)4-2)13-8(11)16(9)20-21(17,18)19/h7H,3-6H2,1-2H3,(H3,11,12,13,14,17,18,19)/p+1. The molecule has 0 amide bonds. The maximum atomic E-state index is 10.9. The maximum Gasteiger partial charge on any atom is 0.472 e. The second-order valence-corrected chi connectivity index (χ2v) is 5.65. The summed E-state index contributed by atoms with van der Waals surface area (Å²) in [5.41, 5.74) is 5.70. The lowest BCUT2D eigenvalue weighted by atomic mass is 10.4. The van der Waals surface area contributed by atoms with Crippen LogP contribution in [-0.2, 0) is 10.4 Å². The van der Waals surface area contributed by atoms with E-state index in [4.69, 9.17) is 10.3 Å². The minimum Gasteiger partial charge on any atom is -0.317 e. The smallest absolute Gasteiger partial charge is 0.317 e. The Morgan fingerprint density at radius 2 is 2.24 bits per heavy atom. The molecule has 0 radical (unpaired) electrons. The summed E-state index contributed by atoms with van der Waals surface area (Å²) in [4.78, 5) is 10.1. The van der Waals surface area contributed by atoms with Crippen molar-refractivity contribution in [2.45, 2.75) is 32.7 Å². The van der Waals surface area contributed by atoms with E-state index in [0.717, 1.165) is 19.4 Å². The van der Waals surface area contributed by atoms with Crippen LogP contribution in [0.1, 0.15) is 26.7 Å². The SMILES string of the molecule is CCCNc1nc(N2CC2CC)nc(N)[n+]1OS(=O)(=O)O. The van der Waals surface area contributed by atoms with E-state index in [9.17, 15) is 8.42 Å². The van der Waals surface area contributed by atoms with Crippen molar-refractivity contribution < 1.29 is 22.0 Å². The number of nitrogens with two attached hydrogens (primary N) is 1. The maximum absolute atomic E-state index is 10.9. The molecule has 1 aliphatic heterocycles. The molecule has 0 spiro atoms. The zero-order valence-corrected chi connectivity index (χ0v) is 12.7. The van der Waals surface area contributed by atoms with Crippen molar-refractivity contribution in [2.24, 2.45) is 0 Å². The summed E-state index contributed by atoms with van der Waals surface area (Å²) in [7, 11) is -4.73. The van der Waals surface area contributed by atoms with Gasteiger partial charge in [0.15, 0.2) is 0 Å². The highest BCUT2D eigenvalue weighted by Crippen LogP contribution is 2.26. The van der Waals surface area contributed by atoms with Crippen LogP contribution in [0.25, 0.3) is 0 Å². The fraction of sp³-hybridized carbons (Fsp3) is 0.700. The summed E-state index contributed by atoms with van der Waals surface area (Å²) >= 11 is 0. The zero-order valence-electron chi connectivity index (χ0n) is 11.9. The Balaban J connectivity index is 2.35. The van der Waals surface area contributed by atoms with Crippen LogP contribution in [0.4, 0.5) is 17.8 Å². The van der Waals surface area contributed by atoms with Crippen molar-refractivity contribution in [3.8, 4) is 0 Å². The predicted molar refractivity (Wildman–Crippen MR) is 75.0 cm³/mol. The number of nitrogens with one attached hydrogen (secondary N) is 1. The number of nitrogens with zero attached hydrogens (tertiary/aromatic N) is 4. The van der Waals surface area contributed by atoms with Crippen LogP contribution in [-0.4, -0.2) is 42.1 Å². The molecule has 10 nitrogen and oxygen atoms in total. The molecule has 2 heterocycles. The number of anilines is 3. The van der Waals surface area contributed by atoms with E-state index in [-0.39, 0.29) is 11.9 Å². The lowest BCUT2D eigenvalue weighted by Gasteiger charge is -2.08. The van der Waals surface area contributed by atoms with E-state index in [2.05, 4.69) is 26.5 Å². The average molecular weight is 319 g/mol. The summed E-state index contributed by atoms with van der Waals surface area (Å²) in [6, 6.07) is 0.363. The first kappa shape index (κ1) is 15.5. The summed E-state index contributed by atoms with van der Waals surface area (Å²) in [6.45, 7) is 5.34. The van der Waals surface area contributed by atoms with Gasteiger partial charge < -0.3 is 16.0 Å². The summed E-state index contributed by atoms with van der Waals surface area (Å²) < 4.78 is 35.6. The number of rotatable bonds is 7. The number of nitrogen functional groups attached to an aromatic ring is 1. The first-order valence-electron chi connectivity index (χ1n) is 6.63. The van der Waals surface area contributed by atoms with E-state index in [0.29, 0.717) is 23.3 Å². The van der Waals surface area contributed by atoms with E-state index >= 15 is 0 Å². The minimum atomic E-state index is -4.73. The van der Waals surface area contributed by atoms with Crippen molar-refractivity contribution in [1.82, 2.24) is 9.97 Å². The van der Waals surface area contributed by atoms with Gasteiger partial charge in [-0.3, -0.25) is 4.55 Å². The fourth-order valence-corrected chi connectivity index (χ4v) is 2.18. The highest BCUT2D eigenvalue weighted by atomic mass is 32.3. The van der Waals surface area contributed by atoms with Gasteiger partial charge in [0.1, 0.15) is 0 Å². The highest BCUT2D eigenvalue weighted by molar-refractivity contribution is 7.80. The first-order valence-corrected chi connectivity index (χ1v) is 7.99. The molecule has 11 heteroatoms. The molecule has 1 saturated heterocycles. The third kappa shape index (κ3) is 3.82. The molecule has 118 valence electrons. The molecular weight excluding hydrogens is 300 g/mol. The van der Waals surface area contributed by atoms with Crippen LogP contribution < -0.4 is 25.0 Å². The average Bonchev–Trinajstić information content (AvgIpc) is 3.17. The van der Waals surface area contributed by atoms with Gasteiger partial charge in [-0.2, -0.15) is 8.42 Å². The molecule has 1 fully saturated rings. The molecule has 1 aliphatic rings. The van der Waals surface area contributed by atoms with E-state index in [1.165, 1.54) is 0 Å². The Kier molecular flexibility index (Phi) is 4.32. The largest absolute Gasteiger partial charge is 0.472 e. The second-order valence-electron chi connectivity index (χ2n) is 4.64. The Bertz CT molecular complexity index is 622. The molecule has 0 aromatic carbocycles. The molecule has 4 N–H and O–H groups in total. The molecule has 0 saturated carbocycles. The second kappa shape index (κ2) is 5.85. The van der Waals surface area contributed by atoms with Gasteiger partial charge in [-0.25, -0.2) is 4.28 Å². The van der Waals surface area contributed by atoms with Crippen LogP contribution in [0.5, 0.6) is 0 Å². The number of hydrogen-bond acceptors (Lipinski definition) is 8. The Labute approximate surface area is 122 Å². The van der Waals surface area contributed by atoms with Crippen molar-refractivity contribution in [2.75, 3.05) is 29.0 Å². The van der Waals surface area contributed by atoms with Gasteiger partial charge in [0.2, 0.25) is 0 Å². The third-order valence-electron chi connectivity index (χ3n) is 2.97. The van der Waals surface area contributed by atoms with Crippen molar-refractivity contribution in [3.63, 3.8) is 0 Å². The summed E-state index contributed by atoms with van der Waals surface area (Å²) in [6.07, 6.45) is 1.74. The van der Waals surface area contributed by atoms with Crippen LogP contribution >= 0.6 is 0 Å². The Morgan fingerprint density at radius 1 is 1.52 bits per heavy atom. The lowest BCUT2D eigenvalue weighted by Crippen LogP contribution is -2.51. The van der Waals surface area contributed by atoms with Gasteiger partial charge in [0.05, 0.1) is 6.04 Å². The molecule has 0 bridgehead atoms. The zero-order chi connectivity index (χ0) is 15.6. The molecule has 1 unspecified atom stereocenters. The highest BCUT2D eigenvalue weighted by Gasteiger charge is 2.38. The molecule has 21 heavy (non-hydrogen) atoms. The quantitative estimate of drug-likeness (QED) is 0.328. The van der Waals surface area contributed by atoms with Gasteiger partial charge in [-0.1, -0.05) is 23.8 Å². The summed E-state index contributed by atoms with van der Waals surface area (Å²) in [5, 5.41) is 2.89. The van der Waals surface area contributed by atoms with Crippen LogP contribution in [0, 0.1) is 0 Å². The van der Waals surface area contributed by atoms with Crippen molar-refractivity contribution in [3.05, 3.63) is 0 Å². The molecule has 1 aromatic rings. The van der Waals surface area contributed by atoms with Gasteiger partial charge in [-0.15, -0.1) is 0 Å². The molecule has 2 rings (SSSR count). The lowest BCUT2D eigenvalue weighted by molar-refractivity contribution is -0.837. The number of hydrogen-bond donors (Lipinski definition) is 3. The van der Waals surface area contributed by atoms with Gasteiger partial charge in [-0.05, 0) is 17.6 Å². The predicted octanol–water partition coefficient (Wildman–Crippen LogP) is -1.00. The minimum absolute atomic E-state index is 0.0683. The van der Waals surface area contributed by atoms with Gasteiger partial charge >= 0.3 is 28.2 Å². The normalized spacial score (nSPS) is 17.7. The molecule has 1 aromatic heterocycles. The van der Waals surface area contributed by atoms with Gasteiger partial charge in [0, 0.05) is 13.1 Å². The number of aromatic nitrogens is 3. The molecule has 0 aliphatic carbocycles. The van der Waals surface area contributed by atoms with E-state index in [1.54, 1.807) is 0 Å². The van der Waals surface area contributed by atoms with E-state index in [1.807, 2.05) is 11.8 Å². The molecule has 1 atom stereocenters. The Morgan fingerprint density at radius 3 is 2.76 bits per heavy atom. The first-order chi connectivity index (χ1) is 9.85. The van der Waals surface area contributed by atoms with Gasteiger partial charge in [0.25, 0.3) is 0 Å². The van der Waals surface area contributed by atoms with Crippen LogP contribution in [0.3, 0.4) is 0 Å².